The molecule has 0 radical (unpaired) electrons. The van der Waals surface area contributed by atoms with Gasteiger partial charge >= 0.3 is 0 Å². The number of carbonyl (C=O) groups is 1. The molecule has 2 unspecified atom stereocenters. The van der Waals surface area contributed by atoms with Gasteiger partial charge in [0, 0.05) is 29.4 Å². The van der Waals surface area contributed by atoms with Crippen LogP contribution in [0.5, 0.6) is 0 Å². The third kappa shape index (κ3) is 6.09. The van der Waals surface area contributed by atoms with Crippen LogP contribution in [0.25, 0.3) is 0 Å². The van der Waals surface area contributed by atoms with Crippen molar-refractivity contribution in [1.82, 2.24) is 14.5 Å². The van der Waals surface area contributed by atoms with Gasteiger partial charge in [-0.15, -0.1) is 11.3 Å². The number of piperidine rings is 2. The summed E-state index contributed by atoms with van der Waals surface area (Å²) in [7, 11) is -3.09. The lowest BCUT2D eigenvalue weighted by atomic mass is 9.78. The highest BCUT2D eigenvalue weighted by molar-refractivity contribution is 7.88. The van der Waals surface area contributed by atoms with Crippen molar-refractivity contribution in [3.63, 3.8) is 0 Å². The number of thiophene rings is 1. The lowest BCUT2D eigenvalue weighted by Gasteiger charge is -2.44. The molecular weight excluding hydrogens is 430 g/mol. The third-order valence-electron chi connectivity index (χ3n) is 7.38. The number of carbonyl (C=O) groups excluding carboxylic acids is 1. The van der Waals surface area contributed by atoms with Gasteiger partial charge in [-0.1, -0.05) is 12.8 Å². The highest BCUT2D eigenvalue weighted by atomic mass is 32.2. The zero-order chi connectivity index (χ0) is 21.8. The van der Waals surface area contributed by atoms with E-state index in [1.165, 1.54) is 43.2 Å². The summed E-state index contributed by atoms with van der Waals surface area (Å²) in [5.41, 5.74) is 0.903. The van der Waals surface area contributed by atoms with Crippen LogP contribution in [-0.2, 0) is 10.0 Å². The lowest BCUT2D eigenvalue weighted by Crippen LogP contribution is -2.49. The van der Waals surface area contributed by atoms with Gasteiger partial charge in [-0.05, 0) is 82.5 Å². The van der Waals surface area contributed by atoms with Crippen molar-refractivity contribution in [2.45, 2.75) is 69.7 Å². The molecule has 2 aliphatic heterocycles. The topological polar surface area (TPSA) is 69.7 Å². The van der Waals surface area contributed by atoms with E-state index < -0.39 is 10.0 Å². The van der Waals surface area contributed by atoms with Crippen molar-refractivity contribution < 1.29 is 13.2 Å². The summed E-state index contributed by atoms with van der Waals surface area (Å²) in [5.74, 6) is 1.53. The minimum Gasteiger partial charge on any atom is -0.335 e. The summed E-state index contributed by atoms with van der Waals surface area (Å²) < 4.78 is 24.9. The van der Waals surface area contributed by atoms with Gasteiger partial charge in [0.05, 0.1) is 11.8 Å². The second-order valence-corrected chi connectivity index (χ2v) is 12.4. The predicted molar refractivity (Wildman–Crippen MR) is 126 cm³/mol. The van der Waals surface area contributed by atoms with Crippen molar-refractivity contribution in [3.8, 4) is 0 Å². The Labute approximate surface area is 191 Å². The smallest absolute Gasteiger partial charge is 0.254 e. The number of nitrogens with zero attached hydrogens (tertiary/aromatic N) is 2. The average Bonchev–Trinajstić information content (AvgIpc) is 3.26. The van der Waals surface area contributed by atoms with Gasteiger partial charge in [0.1, 0.15) is 0 Å². The minimum atomic E-state index is -3.09. The van der Waals surface area contributed by atoms with Crippen LogP contribution in [0.1, 0.15) is 78.9 Å². The molecule has 3 fully saturated rings. The molecule has 2 atom stereocenters. The standard InChI is InChI=1S/C23H37N3O3S2/c1-31(28,29)24-11-5-12-25-14-9-19(10-15-25)22-16-20(17-30-22)23(27)26-13-4-7-18-6-2-3-8-21(18)26/h16-19,21,24H,2-15H2,1H3. The first-order valence-corrected chi connectivity index (χ1v) is 14.7. The molecule has 1 aromatic heterocycles. The molecule has 31 heavy (non-hydrogen) atoms. The third-order valence-corrected chi connectivity index (χ3v) is 9.20. The van der Waals surface area contributed by atoms with E-state index in [0.29, 0.717) is 18.5 Å². The normalized spacial score (nSPS) is 26.0. The van der Waals surface area contributed by atoms with Crippen LogP contribution < -0.4 is 4.72 Å². The lowest BCUT2D eigenvalue weighted by molar-refractivity contribution is 0.0391. The molecule has 1 saturated carbocycles. The van der Waals surface area contributed by atoms with Crippen LogP contribution in [0, 0.1) is 5.92 Å². The Morgan fingerprint density at radius 1 is 1.10 bits per heavy atom. The van der Waals surface area contributed by atoms with E-state index >= 15 is 0 Å². The van der Waals surface area contributed by atoms with E-state index in [4.69, 9.17) is 0 Å². The summed E-state index contributed by atoms with van der Waals surface area (Å²) in [4.78, 5) is 19.3. The second-order valence-electron chi connectivity index (χ2n) is 9.63. The molecule has 4 rings (SSSR count). The number of hydrogen-bond acceptors (Lipinski definition) is 5. The molecule has 2 saturated heterocycles. The van der Waals surface area contributed by atoms with E-state index in [2.05, 4.69) is 26.0 Å². The maximum atomic E-state index is 13.3. The van der Waals surface area contributed by atoms with Crippen molar-refractivity contribution in [1.29, 1.82) is 0 Å². The molecule has 1 N–H and O–H groups in total. The van der Waals surface area contributed by atoms with Gasteiger partial charge in [0.2, 0.25) is 10.0 Å². The fraction of sp³-hybridized carbons (Fsp3) is 0.783. The van der Waals surface area contributed by atoms with Gasteiger partial charge in [-0.25, -0.2) is 13.1 Å². The van der Waals surface area contributed by atoms with Crippen LogP contribution in [0.2, 0.25) is 0 Å². The number of sulfonamides is 1. The SMILES string of the molecule is CS(=O)(=O)NCCCN1CCC(c2cc(C(=O)N3CCCC4CCCCC43)cs2)CC1. The minimum absolute atomic E-state index is 0.259. The van der Waals surface area contributed by atoms with E-state index in [9.17, 15) is 13.2 Å². The Hall–Kier alpha value is -0.960. The van der Waals surface area contributed by atoms with Crippen LogP contribution >= 0.6 is 11.3 Å². The number of nitrogens with one attached hydrogen (secondary N) is 1. The van der Waals surface area contributed by atoms with Crippen molar-refractivity contribution in [2.75, 3.05) is 39.0 Å². The van der Waals surface area contributed by atoms with E-state index in [1.54, 1.807) is 11.3 Å². The van der Waals surface area contributed by atoms with Crippen LogP contribution in [-0.4, -0.2) is 69.1 Å². The Bertz CT molecular complexity index is 844. The van der Waals surface area contributed by atoms with Crippen molar-refractivity contribution >= 4 is 27.3 Å². The van der Waals surface area contributed by atoms with Gasteiger partial charge in [-0.3, -0.25) is 4.79 Å². The summed E-state index contributed by atoms with van der Waals surface area (Å²) >= 11 is 1.76. The zero-order valence-corrected chi connectivity index (χ0v) is 20.4. The first-order valence-electron chi connectivity index (χ1n) is 12.0. The molecule has 174 valence electrons. The van der Waals surface area contributed by atoms with Crippen molar-refractivity contribution in [2.24, 2.45) is 5.92 Å². The number of hydrogen-bond donors (Lipinski definition) is 1. The van der Waals surface area contributed by atoms with Crippen molar-refractivity contribution in [3.05, 3.63) is 21.9 Å². The van der Waals surface area contributed by atoms with Crippen LogP contribution in [0.15, 0.2) is 11.4 Å². The van der Waals surface area contributed by atoms with E-state index in [-0.39, 0.29) is 5.91 Å². The molecule has 1 amide bonds. The Morgan fingerprint density at radius 3 is 2.61 bits per heavy atom. The summed E-state index contributed by atoms with van der Waals surface area (Å²) in [5, 5.41) is 2.09. The molecule has 8 heteroatoms. The molecule has 3 aliphatic rings. The van der Waals surface area contributed by atoms with Gasteiger partial charge in [-0.2, -0.15) is 0 Å². The Morgan fingerprint density at radius 2 is 1.84 bits per heavy atom. The fourth-order valence-electron chi connectivity index (χ4n) is 5.72. The molecule has 1 aliphatic carbocycles. The maximum absolute atomic E-state index is 13.3. The van der Waals surface area contributed by atoms with Gasteiger partial charge in [0.25, 0.3) is 5.91 Å². The van der Waals surface area contributed by atoms with E-state index in [0.717, 1.165) is 63.3 Å². The summed E-state index contributed by atoms with van der Waals surface area (Å²) in [6.45, 7) is 4.45. The van der Waals surface area contributed by atoms with Crippen LogP contribution in [0.4, 0.5) is 0 Å². The number of fused-ring (bicyclic) bond motifs is 1. The molecule has 0 spiro atoms. The van der Waals surface area contributed by atoms with E-state index in [1.807, 2.05) is 0 Å². The largest absolute Gasteiger partial charge is 0.335 e. The quantitative estimate of drug-likeness (QED) is 0.622. The first-order chi connectivity index (χ1) is 14.9. The molecule has 3 heterocycles. The van der Waals surface area contributed by atoms with Gasteiger partial charge in [0.15, 0.2) is 0 Å². The first kappa shape index (κ1) is 23.2. The number of likely N-dealkylation sites (tertiary alicyclic amines) is 2. The van der Waals surface area contributed by atoms with Crippen LogP contribution in [0.3, 0.4) is 0 Å². The highest BCUT2D eigenvalue weighted by Crippen LogP contribution is 2.37. The molecule has 0 aromatic carbocycles. The molecule has 0 bridgehead atoms. The highest BCUT2D eigenvalue weighted by Gasteiger charge is 2.36. The average molecular weight is 468 g/mol. The number of rotatable bonds is 7. The molecule has 6 nitrogen and oxygen atoms in total. The monoisotopic (exact) mass is 467 g/mol. The number of amides is 1. The Kier molecular flexibility index (Phi) is 7.72. The fourth-order valence-corrected chi connectivity index (χ4v) is 7.29. The predicted octanol–water partition coefficient (Wildman–Crippen LogP) is 3.66. The summed E-state index contributed by atoms with van der Waals surface area (Å²) in [6, 6.07) is 2.65. The van der Waals surface area contributed by atoms with Gasteiger partial charge < -0.3 is 9.80 Å². The zero-order valence-electron chi connectivity index (χ0n) is 18.7. The molecule has 1 aromatic rings. The Balaban J connectivity index is 1.27. The molecular formula is C23H37N3O3S2. The maximum Gasteiger partial charge on any atom is 0.254 e. The summed E-state index contributed by atoms with van der Waals surface area (Å²) in [6.07, 6.45) is 11.8. The second kappa shape index (κ2) is 10.3.